The van der Waals surface area contributed by atoms with E-state index in [1.165, 1.54) is 6.42 Å². The zero-order chi connectivity index (χ0) is 12.5. The zero-order valence-electron chi connectivity index (χ0n) is 10.4. The Kier molecular flexibility index (Phi) is 2.74. The first-order valence-electron chi connectivity index (χ1n) is 6.41. The number of carbonyl (C=O) groups is 1. The second-order valence-electron chi connectivity index (χ2n) is 4.95. The van der Waals surface area contributed by atoms with E-state index in [0.717, 1.165) is 35.1 Å². The molecule has 1 saturated carbocycles. The van der Waals surface area contributed by atoms with Crippen LogP contribution in [0, 0.1) is 12.8 Å². The van der Waals surface area contributed by atoms with Crippen molar-refractivity contribution < 1.29 is 4.79 Å². The first-order valence-corrected chi connectivity index (χ1v) is 6.41. The predicted molar refractivity (Wildman–Crippen MR) is 72.5 cm³/mol. The van der Waals surface area contributed by atoms with Crippen molar-refractivity contribution in [2.45, 2.75) is 26.2 Å². The maximum Gasteiger partial charge on any atom is 0.227 e. The fourth-order valence-electron chi connectivity index (χ4n) is 2.25. The quantitative estimate of drug-likeness (QED) is 0.875. The smallest absolute Gasteiger partial charge is 0.227 e. The van der Waals surface area contributed by atoms with Gasteiger partial charge in [0.15, 0.2) is 0 Å². The lowest BCUT2D eigenvalue weighted by molar-refractivity contribution is -0.122. The molecule has 0 spiro atoms. The number of hydrogen-bond donors (Lipinski definition) is 1. The molecule has 1 aliphatic carbocycles. The monoisotopic (exact) mass is 240 g/mol. The lowest BCUT2D eigenvalue weighted by Gasteiger charge is -2.24. The van der Waals surface area contributed by atoms with Crippen LogP contribution < -0.4 is 5.32 Å². The Labute approximate surface area is 106 Å². The average Bonchev–Trinajstić information content (AvgIpc) is 2.27. The summed E-state index contributed by atoms with van der Waals surface area (Å²) in [4.78, 5) is 16.5. The highest BCUT2D eigenvalue weighted by molar-refractivity contribution is 6.01. The van der Waals surface area contributed by atoms with Crippen LogP contribution in [0.1, 0.15) is 25.0 Å². The van der Waals surface area contributed by atoms with Crippen LogP contribution in [0.5, 0.6) is 0 Å². The molecule has 18 heavy (non-hydrogen) atoms. The number of pyridine rings is 1. The Morgan fingerprint density at radius 2 is 2.11 bits per heavy atom. The first-order chi connectivity index (χ1) is 8.74. The van der Waals surface area contributed by atoms with Gasteiger partial charge in [0.1, 0.15) is 0 Å². The van der Waals surface area contributed by atoms with E-state index < -0.39 is 0 Å². The summed E-state index contributed by atoms with van der Waals surface area (Å²) in [6.45, 7) is 1.96. The molecule has 3 nitrogen and oxygen atoms in total. The van der Waals surface area contributed by atoms with Gasteiger partial charge >= 0.3 is 0 Å². The molecule has 0 radical (unpaired) electrons. The molecule has 2 aromatic rings. The molecule has 1 aliphatic rings. The molecule has 0 bridgehead atoms. The fraction of sp³-hybridized carbons (Fsp3) is 0.333. The highest BCUT2D eigenvalue weighted by Gasteiger charge is 2.25. The maximum atomic E-state index is 12.0. The van der Waals surface area contributed by atoms with Gasteiger partial charge in [-0.1, -0.05) is 24.6 Å². The third-order valence-corrected chi connectivity index (χ3v) is 3.59. The minimum atomic E-state index is 0.136. The summed E-state index contributed by atoms with van der Waals surface area (Å²) in [5, 5.41) is 4.07. The highest BCUT2D eigenvalue weighted by atomic mass is 16.1. The Hall–Kier alpha value is -1.90. The fourth-order valence-corrected chi connectivity index (χ4v) is 2.25. The average molecular weight is 240 g/mol. The first kappa shape index (κ1) is 11.2. The maximum absolute atomic E-state index is 12.0. The summed E-state index contributed by atoms with van der Waals surface area (Å²) in [6.07, 6.45) is 3.21. The van der Waals surface area contributed by atoms with E-state index in [2.05, 4.69) is 10.3 Å². The summed E-state index contributed by atoms with van der Waals surface area (Å²) in [5.41, 5.74) is 2.67. The zero-order valence-corrected chi connectivity index (χ0v) is 10.4. The van der Waals surface area contributed by atoms with Gasteiger partial charge < -0.3 is 5.32 Å². The topological polar surface area (TPSA) is 42.0 Å². The van der Waals surface area contributed by atoms with Gasteiger partial charge in [-0.05, 0) is 31.9 Å². The number of amides is 1. The normalized spacial score (nSPS) is 15.4. The summed E-state index contributed by atoms with van der Waals surface area (Å²) < 4.78 is 0. The van der Waals surface area contributed by atoms with E-state index in [-0.39, 0.29) is 11.8 Å². The molecule has 0 atom stereocenters. The molecule has 1 fully saturated rings. The number of fused-ring (bicyclic) bond motifs is 1. The van der Waals surface area contributed by atoms with Crippen molar-refractivity contribution >= 4 is 22.5 Å². The van der Waals surface area contributed by atoms with Crippen molar-refractivity contribution in [3.63, 3.8) is 0 Å². The molecular formula is C15H16N2O. The number of aryl methyl sites for hydroxylation is 1. The van der Waals surface area contributed by atoms with Crippen LogP contribution in [0.4, 0.5) is 5.69 Å². The van der Waals surface area contributed by atoms with Gasteiger partial charge in [0.25, 0.3) is 0 Å². The van der Waals surface area contributed by atoms with Gasteiger partial charge in [0.2, 0.25) is 5.91 Å². The van der Waals surface area contributed by atoms with Gasteiger partial charge in [0, 0.05) is 17.0 Å². The standard InChI is InChI=1S/C15H16N2O/c1-10-8-9-11-4-3-7-13(14(11)16-10)17-15(18)12-5-2-6-12/h3-4,7-9,12H,2,5-6H2,1H3,(H,17,18). The van der Waals surface area contributed by atoms with E-state index in [1.807, 2.05) is 37.3 Å². The van der Waals surface area contributed by atoms with Crippen LogP contribution in [-0.4, -0.2) is 10.9 Å². The molecular weight excluding hydrogens is 224 g/mol. The van der Waals surface area contributed by atoms with Crippen LogP contribution in [0.25, 0.3) is 10.9 Å². The number of benzene rings is 1. The van der Waals surface area contributed by atoms with Crippen LogP contribution in [0.15, 0.2) is 30.3 Å². The summed E-state index contributed by atoms with van der Waals surface area (Å²) in [7, 11) is 0. The van der Waals surface area contributed by atoms with E-state index in [0.29, 0.717) is 0 Å². The molecule has 1 amide bonds. The summed E-state index contributed by atoms with van der Waals surface area (Å²) in [6, 6.07) is 9.92. The summed E-state index contributed by atoms with van der Waals surface area (Å²) >= 11 is 0. The number of para-hydroxylation sites is 1. The number of hydrogen-bond acceptors (Lipinski definition) is 2. The number of carbonyl (C=O) groups excluding carboxylic acids is 1. The Morgan fingerprint density at radius 3 is 2.83 bits per heavy atom. The number of aromatic nitrogens is 1. The summed E-state index contributed by atoms with van der Waals surface area (Å²) in [5.74, 6) is 0.335. The van der Waals surface area contributed by atoms with Crippen molar-refractivity contribution in [2.75, 3.05) is 5.32 Å². The highest BCUT2D eigenvalue weighted by Crippen LogP contribution is 2.29. The SMILES string of the molecule is Cc1ccc2cccc(NC(=O)C3CCC3)c2n1. The van der Waals surface area contributed by atoms with Gasteiger partial charge in [-0.25, -0.2) is 0 Å². The third kappa shape index (κ3) is 1.96. The molecule has 0 unspecified atom stereocenters. The molecule has 1 heterocycles. The lowest BCUT2D eigenvalue weighted by atomic mass is 9.85. The molecule has 0 aliphatic heterocycles. The molecule has 1 aromatic carbocycles. The minimum Gasteiger partial charge on any atom is -0.324 e. The van der Waals surface area contributed by atoms with Crippen LogP contribution in [0.2, 0.25) is 0 Å². The number of anilines is 1. The second-order valence-corrected chi connectivity index (χ2v) is 4.95. The van der Waals surface area contributed by atoms with Gasteiger partial charge in [-0.2, -0.15) is 0 Å². The van der Waals surface area contributed by atoms with Crippen molar-refractivity contribution in [2.24, 2.45) is 5.92 Å². The third-order valence-electron chi connectivity index (χ3n) is 3.59. The molecule has 0 saturated heterocycles. The predicted octanol–water partition coefficient (Wildman–Crippen LogP) is 3.28. The van der Waals surface area contributed by atoms with E-state index in [4.69, 9.17) is 0 Å². The van der Waals surface area contributed by atoms with Gasteiger partial charge in [-0.15, -0.1) is 0 Å². The minimum absolute atomic E-state index is 0.136. The van der Waals surface area contributed by atoms with Crippen LogP contribution in [-0.2, 0) is 4.79 Å². The molecule has 3 heteroatoms. The molecule has 1 N–H and O–H groups in total. The Balaban J connectivity index is 1.95. The van der Waals surface area contributed by atoms with Crippen molar-refractivity contribution in [1.29, 1.82) is 0 Å². The van der Waals surface area contributed by atoms with E-state index >= 15 is 0 Å². The molecule has 92 valence electrons. The van der Waals surface area contributed by atoms with E-state index in [9.17, 15) is 4.79 Å². The van der Waals surface area contributed by atoms with Gasteiger partial charge in [0.05, 0.1) is 11.2 Å². The van der Waals surface area contributed by atoms with Crippen LogP contribution >= 0.6 is 0 Å². The lowest BCUT2D eigenvalue weighted by Crippen LogP contribution is -2.28. The molecule has 3 rings (SSSR count). The Morgan fingerprint density at radius 1 is 1.28 bits per heavy atom. The van der Waals surface area contributed by atoms with Crippen molar-refractivity contribution in [3.8, 4) is 0 Å². The van der Waals surface area contributed by atoms with Crippen LogP contribution in [0.3, 0.4) is 0 Å². The second kappa shape index (κ2) is 4.41. The number of nitrogens with zero attached hydrogens (tertiary/aromatic N) is 1. The number of nitrogens with one attached hydrogen (secondary N) is 1. The largest absolute Gasteiger partial charge is 0.324 e. The number of rotatable bonds is 2. The molecule has 1 aromatic heterocycles. The van der Waals surface area contributed by atoms with E-state index in [1.54, 1.807) is 0 Å². The van der Waals surface area contributed by atoms with Crippen molar-refractivity contribution in [3.05, 3.63) is 36.0 Å². The Bertz CT molecular complexity index is 602. The van der Waals surface area contributed by atoms with Gasteiger partial charge in [-0.3, -0.25) is 9.78 Å². The van der Waals surface area contributed by atoms with Crippen molar-refractivity contribution in [1.82, 2.24) is 4.98 Å².